The molecule has 3 amide bonds. The SMILES string of the molecule is CCOC(=O)C1=CN(c2ccc3c(c2)nc(C)n3C2CCCCC2)C(=O)[N+](C)(Cc2cccc(F)c2C(F)(F)F)C1=O. The van der Waals surface area contributed by atoms with Crippen molar-refractivity contribution in [2.75, 3.05) is 18.6 Å². The van der Waals surface area contributed by atoms with Gasteiger partial charge in [-0.3, -0.25) is 0 Å². The van der Waals surface area contributed by atoms with Gasteiger partial charge in [-0.15, -0.1) is 0 Å². The highest BCUT2D eigenvalue weighted by Gasteiger charge is 2.53. The maximum Gasteiger partial charge on any atom is 0.435 e. The minimum atomic E-state index is -5.08. The molecule has 0 radical (unpaired) electrons. The number of rotatable bonds is 6. The van der Waals surface area contributed by atoms with E-state index in [-0.39, 0.29) is 12.3 Å². The van der Waals surface area contributed by atoms with E-state index in [2.05, 4.69) is 4.57 Å². The first-order valence-corrected chi connectivity index (χ1v) is 13.8. The van der Waals surface area contributed by atoms with Crippen LogP contribution in [0.15, 0.2) is 48.2 Å². The van der Waals surface area contributed by atoms with E-state index in [9.17, 15) is 31.9 Å². The van der Waals surface area contributed by atoms with Crippen LogP contribution in [0.2, 0.25) is 0 Å². The molecule has 12 heteroatoms. The van der Waals surface area contributed by atoms with E-state index in [0.29, 0.717) is 17.6 Å². The van der Waals surface area contributed by atoms with E-state index >= 15 is 0 Å². The molecule has 1 aliphatic heterocycles. The van der Waals surface area contributed by atoms with Crippen molar-refractivity contribution in [2.45, 2.75) is 64.7 Å². The zero-order valence-corrected chi connectivity index (χ0v) is 23.5. The van der Waals surface area contributed by atoms with Crippen LogP contribution >= 0.6 is 0 Å². The van der Waals surface area contributed by atoms with Crippen molar-refractivity contribution in [2.24, 2.45) is 0 Å². The third-order valence-corrected chi connectivity index (χ3v) is 8.00. The summed E-state index contributed by atoms with van der Waals surface area (Å²) in [5, 5.41) is 0. The summed E-state index contributed by atoms with van der Waals surface area (Å²) in [7, 11) is 1.11. The molecule has 2 aromatic carbocycles. The average molecular weight is 588 g/mol. The Bertz CT molecular complexity index is 1610. The van der Waals surface area contributed by atoms with Gasteiger partial charge < -0.3 is 9.30 Å². The van der Waals surface area contributed by atoms with Gasteiger partial charge in [0, 0.05) is 17.8 Å². The fourth-order valence-corrected chi connectivity index (χ4v) is 6.02. The second-order valence-electron chi connectivity index (χ2n) is 10.8. The van der Waals surface area contributed by atoms with Crippen LogP contribution in [-0.4, -0.2) is 45.6 Å². The number of nitrogens with zero attached hydrogens (tertiary/aromatic N) is 4. The van der Waals surface area contributed by atoms with Gasteiger partial charge in [0.15, 0.2) is 5.57 Å². The Morgan fingerprint density at radius 1 is 1.12 bits per heavy atom. The number of benzene rings is 2. The van der Waals surface area contributed by atoms with Gasteiger partial charge >= 0.3 is 24.1 Å². The number of likely N-dealkylation sites (N-methyl/N-ethyl adjacent to an activating group) is 1. The number of quaternary nitrogens is 1. The third-order valence-electron chi connectivity index (χ3n) is 8.00. The number of aryl methyl sites for hydroxylation is 1. The average Bonchev–Trinajstić information content (AvgIpc) is 3.27. The number of urea groups is 1. The molecule has 222 valence electrons. The number of imidazole rings is 1. The first kappa shape index (κ1) is 29.4. The Labute approximate surface area is 239 Å². The van der Waals surface area contributed by atoms with Crippen LogP contribution in [0.4, 0.5) is 28.0 Å². The Morgan fingerprint density at radius 3 is 2.50 bits per heavy atom. The molecule has 0 N–H and O–H groups in total. The molecule has 0 saturated heterocycles. The molecule has 1 fully saturated rings. The number of hydrogen-bond acceptors (Lipinski definition) is 5. The normalized spacial score (nSPS) is 20.3. The maximum absolute atomic E-state index is 14.4. The summed E-state index contributed by atoms with van der Waals surface area (Å²) in [5.74, 6) is -2.82. The van der Waals surface area contributed by atoms with Gasteiger partial charge in [0.25, 0.3) is 0 Å². The van der Waals surface area contributed by atoms with Crippen LogP contribution in [0, 0.1) is 12.7 Å². The number of carbonyl (C=O) groups is 3. The molecular weight excluding hydrogens is 556 g/mol. The summed E-state index contributed by atoms with van der Waals surface area (Å²) in [6.07, 6.45) is 1.46. The van der Waals surface area contributed by atoms with Crippen molar-refractivity contribution in [1.82, 2.24) is 9.55 Å². The first-order valence-electron chi connectivity index (χ1n) is 13.8. The van der Waals surface area contributed by atoms with Crippen LogP contribution in [0.1, 0.15) is 62.0 Å². The Kier molecular flexibility index (Phi) is 7.69. The molecule has 2 heterocycles. The summed E-state index contributed by atoms with van der Waals surface area (Å²) in [6, 6.07) is 7.21. The van der Waals surface area contributed by atoms with Crippen molar-refractivity contribution < 1.29 is 41.2 Å². The number of hydrogen-bond donors (Lipinski definition) is 0. The smallest absolute Gasteiger partial charge is 0.435 e. The Balaban J connectivity index is 1.61. The first-order chi connectivity index (χ1) is 19.9. The molecule has 8 nitrogen and oxygen atoms in total. The Hall–Kier alpha value is -4.06. The highest BCUT2D eigenvalue weighted by atomic mass is 19.4. The monoisotopic (exact) mass is 587 g/mol. The quantitative estimate of drug-likeness (QED) is 0.141. The zero-order chi connectivity index (χ0) is 30.4. The standard InChI is InChI=1S/C30H31F4N4O4/c1-4-42-28(40)22-16-36(21-13-14-25-24(15-21)35-18(2)37(25)20-10-6-5-7-11-20)29(41)38(3,27(22)39)17-19-9-8-12-23(31)26(19)30(32,33)34/h8-9,12-16,20H,4-7,10-11,17H2,1-3H3/q+1. The molecule has 1 aromatic heterocycles. The minimum Gasteiger partial charge on any atom is -0.462 e. The molecule has 2 aliphatic rings. The van der Waals surface area contributed by atoms with Crippen LogP contribution in [0.25, 0.3) is 11.0 Å². The van der Waals surface area contributed by atoms with Crippen LogP contribution in [0.5, 0.6) is 0 Å². The van der Waals surface area contributed by atoms with Crippen molar-refractivity contribution in [3.8, 4) is 0 Å². The minimum absolute atomic E-state index is 0.0763. The van der Waals surface area contributed by atoms with E-state index in [0.717, 1.165) is 67.3 Å². The molecule has 3 aromatic rings. The number of amides is 3. The predicted molar refractivity (Wildman–Crippen MR) is 145 cm³/mol. The number of imide groups is 1. The van der Waals surface area contributed by atoms with Gasteiger partial charge in [0.2, 0.25) is 0 Å². The van der Waals surface area contributed by atoms with Gasteiger partial charge in [-0.05, 0) is 51.0 Å². The summed E-state index contributed by atoms with van der Waals surface area (Å²) in [5.41, 5.74) is -0.985. The highest BCUT2D eigenvalue weighted by Crippen LogP contribution is 2.38. The number of anilines is 1. The second-order valence-corrected chi connectivity index (χ2v) is 10.8. The van der Waals surface area contributed by atoms with Gasteiger partial charge in [0.05, 0.1) is 30.4 Å². The van der Waals surface area contributed by atoms with Crippen LogP contribution in [-0.2, 0) is 27.0 Å². The molecule has 42 heavy (non-hydrogen) atoms. The largest absolute Gasteiger partial charge is 0.462 e. The van der Waals surface area contributed by atoms with E-state index in [1.54, 1.807) is 18.2 Å². The van der Waals surface area contributed by atoms with Crippen LogP contribution in [0.3, 0.4) is 0 Å². The lowest BCUT2D eigenvalue weighted by molar-refractivity contribution is -0.763. The van der Waals surface area contributed by atoms with Gasteiger partial charge in [-0.1, -0.05) is 31.4 Å². The Morgan fingerprint density at radius 2 is 1.83 bits per heavy atom. The summed E-state index contributed by atoms with van der Waals surface area (Å²) in [6.45, 7) is 2.51. The molecule has 1 unspecified atom stereocenters. The molecular formula is C30H31F4N4O4+. The van der Waals surface area contributed by atoms with Crippen molar-refractivity contribution in [3.05, 3.63) is 70.9 Å². The lowest BCUT2D eigenvalue weighted by Crippen LogP contribution is -2.62. The topological polar surface area (TPSA) is 81.5 Å². The van der Waals surface area contributed by atoms with Crippen molar-refractivity contribution >= 4 is 34.6 Å². The molecule has 1 saturated carbocycles. The maximum atomic E-state index is 14.4. The van der Waals surface area contributed by atoms with Gasteiger partial charge in [-0.25, -0.2) is 28.7 Å². The zero-order valence-electron chi connectivity index (χ0n) is 23.5. The van der Waals surface area contributed by atoms with E-state index in [1.807, 2.05) is 6.92 Å². The van der Waals surface area contributed by atoms with Crippen molar-refractivity contribution in [1.29, 1.82) is 0 Å². The van der Waals surface area contributed by atoms with E-state index in [4.69, 9.17) is 9.72 Å². The lowest BCUT2D eigenvalue weighted by Gasteiger charge is -2.36. The van der Waals surface area contributed by atoms with Crippen LogP contribution < -0.4 is 4.90 Å². The molecule has 0 spiro atoms. The number of carbonyl (C=O) groups excluding carboxylic acids is 3. The number of fused-ring (bicyclic) bond motifs is 1. The summed E-state index contributed by atoms with van der Waals surface area (Å²) < 4.78 is 61.8. The summed E-state index contributed by atoms with van der Waals surface area (Å²) >= 11 is 0. The van der Waals surface area contributed by atoms with E-state index < -0.39 is 57.6 Å². The molecule has 0 bridgehead atoms. The lowest BCUT2D eigenvalue weighted by atomic mass is 9.95. The fraction of sp³-hybridized carbons (Fsp3) is 0.400. The van der Waals surface area contributed by atoms with Crippen molar-refractivity contribution in [3.63, 3.8) is 0 Å². The number of halogens is 4. The fourth-order valence-electron chi connectivity index (χ4n) is 6.02. The number of ether oxygens (including phenoxy) is 1. The highest BCUT2D eigenvalue weighted by molar-refractivity contribution is 6.19. The van der Waals surface area contributed by atoms with E-state index in [1.165, 1.54) is 13.3 Å². The third kappa shape index (κ3) is 5.08. The molecule has 1 atom stereocenters. The molecule has 1 aliphatic carbocycles. The number of esters is 1. The predicted octanol–water partition coefficient (Wildman–Crippen LogP) is 6.57. The van der Waals surface area contributed by atoms with Gasteiger partial charge in [-0.2, -0.15) is 17.7 Å². The number of alkyl halides is 3. The summed E-state index contributed by atoms with van der Waals surface area (Å²) in [4.78, 5) is 46.1. The van der Waals surface area contributed by atoms with Gasteiger partial charge in [0.1, 0.15) is 23.7 Å². The molecule has 5 rings (SSSR count). The second kappa shape index (κ2) is 11.0. The number of aromatic nitrogens is 2.